The Morgan fingerprint density at radius 3 is 3.04 bits per heavy atom. The molecule has 0 fully saturated rings. The Morgan fingerprint density at radius 1 is 1.40 bits per heavy atom. The summed E-state index contributed by atoms with van der Waals surface area (Å²) in [5.41, 5.74) is 0.720. The Bertz CT molecular complexity index is 855. The smallest absolute Gasteiger partial charge is 0.316 e. The van der Waals surface area contributed by atoms with Gasteiger partial charge in [-0.25, -0.2) is 4.98 Å². The standard InChI is InChI=1S/C17H19N5O3/c1-12-18-8-10-22(12)9-4-7-19-16(23)17-20-15(21-25-17)13-5-3-6-14(11-13)24-2/h3,5-6,8,10-11H,4,7,9H2,1-2H3,(H,19,23). The Labute approximate surface area is 144 Å². The summed E-state index contributed by atoms with van der Waals surface area (Å²) in [6.07, 6.45) is 4.45. The molecule has 0 radical (unpaired) electrons. The highest BCUT2D eigenvalue weighted by molar-refractivity contribution is 5.89. The molecule has 0 bridgehead atoms. The maximum Gasteiger partial charge on any atom is 0.316 e. The Morgan fingerprint density at radius 2 is 2.28 bits per heavy atom. The molecule has 8 heteroatoms. The molecular weight excluding hydrogens is 322 g/mol. The lowest BCUT2D eigenvalue weighted by Crippen LogP contribution is -2.25. The minimum atomic E-state index is -0.385. The number of nitrogens with one attached hydrogen (secondary N) is 1. The third-order valence-corrected chi connectivity index (χ3v) is 3.73. The number of methoxy groups -OCH3 is 1. The van der Waals surface area contributed by atoms with E-state index in [1.807, 2.05) is 35.9 Å². The van der Waals surface area contributed by atoms with Gasteiger partial charge in [0.1, 0.15) is 11.6 Å². The van der Waals surface area contributed by atoms with E-state index in [1.165, 1.54) is 0 Å². The van der Waals surface area contributed by atoms with Crippen molar-refractivity contribution in [2.75, 3.05) is 13.7 Å². The Hall–Kier alpha value is -3.16. The minimum Gasteiger partial charge on any atom is -0.497 e. The average molecular weight is 341 g/mol. The second-order valence-corrected chi connectivity index (χ2v) is 5.43. The minimum absolute atomic E-state index is 0.0587. The van der Waals surface area contributed by atoms with Gasteiger partial charge >= 0.3 is 11.8 Å². The first-order chi connectivity index (χ1) is 12.2. The van der Waals surface area contributed by atoms with Crippen molar-refractivity contribution >= 4 is 5.91 Å². The van der Waals surface area contributed by atoms with E-state index in [4.69, 9.17) is 9.26 Å². The van der Waals surface area contributed by atoms with Crippen molar-refractivity contribution < 1.29 is 14.1 Å². The molecule has 3 rings (SSSR count). The number of hydrogen-bond acceptors (Lipinski definition) is 6. The van der Waals surface area contributed by atoms with E-state index in [0.717, 1.165) is 24.4 Å². The number of hydrogen-bond donors (Lipinski definition) is 1. The van der Waals surface area contributed by atoms with E-state index in [0.29, 0.717) is 18.1 Å². The largest absolute Gasteiger partial charge is 0.497 e. The van der Waals surface area contributed by atoms with Gasteiger partial charge in [0.2, 0.25) is 5.82 Å². The zero-order valence-electron chi connectivity index (χ0n) is 14.1. The van der Waals surface area contributed by atoms with Crippen LogP contribution in [0.25, 0.3) is 11.4 Å². The van der Waals surface area contributed by atoms with Crippen molar-refractivity contribution in [1.82, 2.24) is 25.0 Å². The average Bonchev–Trinajstić information content (AvgIpc) is 3.28. The number of nitrogens with zero attached hydrogens (tertiary/aromatic N) is 4. The summed E-state index contributed by atoms with van der Waals surface area (Å²) in [7, 11) is 1.58. The van der Waals surface area contributed by atoms with Crippen LogP contribution in [0.3, 0.4) is 0 Å². The van der Waals surface area contributed by atoms with Gasteiger partial charge in [0.15, 0.2) is 0 Å². The summed E-state index contributed by atoms with van der Waals surface area (Å²) in [6, 6.07) is 7.24. The molecule has 1 aromatic carbocycles. The van der Waals surface area contributed by atoms with Gasteiger partial charge in [0.05, 0.1) is 7.11 Å². The molecule has 0 saturated heterocycles. The maximum atomic E-state index is 12.1. The summed E-state index contributed by atoms with van der Waals surface area (Å²) in [5.74, 6) is 1.54. The van der Waals surface area contributed by atoms with Gasteiger partial charge in [-0.15, -0.1) is 0 Å². The second-order valence-electron chi connectivity index (χ2n) is 5.43. The molecule has 130 valence electrons. The number of amides is 1. The second kappa shape index (κ2) is 7.61. The fourth-order valence-corrected chi connectivity index (χ4v) is 2.36. The fourth-order valence-electron chi connectivity index (χ4n) is 2.36. The number of carbonyl (C=O) groups is 1. The maximum absolute atomic E-state index is 12.1. The number of ether oxygens (including phenoxy) is 1. The molecule has 1 amide bonds. The highest BCUT2D eigenvalue weighted by atomic mass is 16.5. The van der Waals surface area contributed by atoms with Crippen molar-refractivity contribution in [2.45, 2.75) is 19.9 Å². The van der Waals surface area contributed by atoms with Crippen molar-refractivity contribution in [2.24, 2.45) is 0 Å². The molecule has 3 aromatic rings. The van der Waals surface area contributed by atoms with E-state index < -0.39 is 0 Å². The van der Waals surface area contributed by atoms with Crippen molar-refractivity contribution in [3.63, 3.8) is 0 Å². The third kappa shape index (κ3) is 4.03. The van der Waals surface area contributed by atoms with Crippen LogP contribution in [0.4, 0.5) is 0 Å². The predicted molar refractivity (Wildman–Crippen MR) is 90.2 cm³/mol. The molecule has 0 aliphatic rings. The number of aryl methyl sites for hydroxylation is 2. The molecule has 2 aromatic heterocycles. The predicted octanol–water partition coefficient (Wildman–Crippen LogP) is 2.07. The molecule has 0 unspecified atom stereocenters. The van der Waals surface area contributed by atoms with Crippen LogP contribution >= 0.6 is 0 Å². The highest BCUT2D eigenvalue weighted by Crippen LogP contribution is 2.21. The van der Waals surface area contributed by atoms with E-state index in [9.17, 15) is 4.79 Å². The van der Waals surface area contributed by atoms with Gasteiger partial charge in [-0.1, -0.05) is 17.3 Å². The molecule has 0 aliphatic heterocycles. The van der Waals surface area contributed by atoms with Crippen molar-refractivity contribution in [3.05, 3.63) is 48.4 Å². The van der Waals surface area contributed by atoms with Gasteiger partial charge < -0.3 is 19.1 Å². The monoisotopic (exact) mass is 341 g/mol. The van der Waals surface area contributed by atoms with Crippen LogP contribution in [0.1, 0.15) is 22.9 Å². The molecule has 0 aliphatic carbocycles. The van der Waals surface area contributed by atoms with E-state index in [2.05, 4.69) is 20.4 Å². The summed E-state index contributed by atoms with van der Waals surface area (Å²) in [6.45, 7) is 3.23. The molecule has 0 spiro atoms. The first-order valence-electron chi connectivity index (χ1n) is 7.91. The number of imidazole rings is 1. The normalized spacial score (nSPS) is 10.6. The number of benzene rings is 1. The first kappa shape index (κ1) is 16.7. The molecule has 25 heavy (non-hydrogen) atoms. The van der Waals surface area contributed by atoms with Crippen LogP contribution in [-0.2, 0) is 6.54 Å². The highest BCUT2D eigenvalue weighted by Gasteiger charge is 2.16. The molecule has 8 nitrogen and oxygen atoms in total. The zero-order valence-corrected chi connectivity index (χ0v) is 14.1. The van der Waals surface area contributed by atoms with Gasteiger partial charge in [0, 0.05) is 31.0 Å². The van der Waals surface area contributed by atoms with Crippen LogP contribution in [0.15, 0.2) is 41.2 Å². The fraction of sp³-hybridized carbons (Fsp3) is 0.294. The molecule has 2 heterocycles. The summed E-state index contributed by atoms with van der Waals surface area (Å²) in [4.78, 5) is 20.4. The van der Waals surface area contributed by atoms with E-state index >= 15 is 0 Å². The molecule has 1 N–H and O–H groups in total. The number of carbonyl (C=O) groups excluding carboxylic acids is 1. The van der Waals surface area contributed by atoms with Crippen LogP contribution in [0, 0.1) is 6.92 Å². The van der Waals surface area contributed by atoms with E-state index in [-0.39, 0.29) is 11.8 Å². The van der Waals surface area contributed by atoms with Crippen molar-refractivity contribution in [1.29, 1.82) is 0 Å². The van der Waals surface area contributed by atoms with Crippen LogP contribution in [0.2, 0.25) is 0 Å². The number of aromatic nitrogens is 4. The van der Waals surface area contributed by atoms with Gasteiger partial charge in [-0.05, 0) is 25.5 Å². The lowest BCUT2D eigenvalue weighted by molar-refractivity contribution is 0.0909. The number of rotatable bonds is 7. The van der Waals surface area contributed by atoms with Crippen LogP contribution < -0.4 is 10.1 Å². The van der Waals surface area contributed by atoms with Gasteiger partial charge in [-0.2, -0.15) is 4.98 Å². The molecule has 0 atom stereocenters. The van der Waals surface area contributed by atoms with Crippen LogP contribution in [-0.4, -0.2) is 39.3 Å². The molecule has 0 saturated carbocycles. The summed E-state index contributed by atoms with van der Waals surface area (Å²) in [5, 5.41) is 6.62. The SMILES string of the molecule is COc1cccc(-c2noc(C(=O)NCCCn3ccnc3C)n2)c1. The first-order valence-corrected chi connectivity index (χ1v) is 7.91. The lowest BCUT2D eigenvalue weighted by Gasteiger charge is -2.05. The van der Waals surface area contributed by atoms with Gasteiger partial charge in [0.25, 0.3) is 0 Å². The van der Waals surface area contributed by atoms with Gasteiger partial charge in [-0.3, -0.25) is 4.79 Å². The summed E-state index contributed by atoms with van der Waals surface area (Å²) >= 11 is 0. The third-order valence-electron chi connectivity index (χ3n) is 3.73. The topological polar surface area (TPSA) is 95.1 Å². The Balaban J connectivity index is 1.54. The molecular formula is C17H19N5O3. The van der Waals surface area contributed by atoms with Crippen LogP contribution in [0.5, 0.6) is 5.75 Å². The quantitative estimate of drug-likeness (QED) is 0.661. The summed E-state index contributed by atoms with van der Waals surface area (Å²) < 4.78 is 12.2. The lowest BCUT2D eigenvalue weighted by atomic mass is 10.2. The zero-order chi connectivity index (χ0) is 17.6. The van der Waals surface area contributed by atoms with Crippen molar-refractivity contribution in [3.8, 4) is 17.1 Å². The Kier molecular flexibility index (Phi) is 5.08. The van der Waals surface area contributed by atoms with E-state index in [1.54, 1.807) is 19.4 Å².